The van der Waals surface area contributed by atoms with Gasteiger partial charge < -0.3 is 9.88 Å². The minimum absolute atomic E-state index is 0.282. The lowest BCUT2D eigenvalue weighted by atomic mass is 10.0. The fourth-order valence-electron chi connectivity index (χ4n) is 3.35. The molecule has 0 spiro atoms. The van der Waals surface area contributed by atoms with Gasteiger partial charge in [-0.2, -0.15) is 0 Å². The summed E-state index contributed by atoms with van der Waals surface area (Å²) < 4.78 is 2.02. The Morgan fingerprint density at radius 3 is 2.30 bits per heavy atom. The molecule has 0 saturated carbocycles. The van der Waals surface area contributed by atoms with Crippen LogP contribution >= 0.6 is 58.2 Å². The number of thioether (sulfide) groups is 1. The Morgan fingerprint density at radius 1 is 1.03 bits per heavy atom. The van der Waals surface area contributed by atoms with Crippen molar-refractivity contribution in [1.29, 1.82) is 0 Å². The topological polar surface area (TPSA) is 59.8 Å². The van der Waals surface area contributed by atoms with Gasteiger partial charge in [-0.15, -0.1) is 10.2 Å². The van der Waals surface area contributed by atoms with Crippen molar-refractivity contribution in [3.05, 3.63) is 73.4 Å². The summed E-state index contributed by atoms with van der Waals surface area (Å²) in [5, 5.41) is 14.7. The van der Waals surface area contributed by atoms with Gasteiger partial charge in [0.05, 0.1) is 16.6 Å². The molecule has 10 heteroatoms. The number of amides is 1. The van der Waals surface area contributed by atoms with E-state index in [1.165, 1.54) is 11.8 Å². The van der Waals surface area contributed by atoms with Gasteiger partial charge in [-0.05, 0) is 55.2 Å². The van der Waals surface area contributed by atoms with Gasteiger partial charge >= 0.3 is 0 Å². The lowest BCUT2D eigenvalue weighted by Crippen LogP contribution is -2.31. The Kier molecular flexibility index (Phi) is 9.36. The molecule has 1 heterocycles. The highest BCUT2D eigenvalue weighted by atomic mass is 35.5. The van der Waals surface area contributed by atoms with E-state index in [9.17, 15) is 4.79 Å². The van der Waals surface area contributed by atoms with Crippen LogP contribution in [0.25, 0.3) is 0 Å². The average molecular weight is 546 g/mol. The van der Waals surface area contributed by atoms with Crippen LogP contribution in [0.15, 0.2) is 41.6 Å². The molecule has 0 aliphatic rings. The highest BCUT2D eigenvalue weighted by molar-refractivity contribution is 7.98. The third-order valence-electron chi connectivity index (χ3n) is 4.93. The van der Waals surface area contributed by atoms with Crippen LogP contribution in [0, 0.1) is 5.92 Å². The summed E-state index contributed by atoms with van der Waals surface area (Å²) in [6, 6.07) is 9.94. The van der Waals surface area contributed by atoms with Crippen molar-refractivity contribution in [1.82, 2.24) is 20.1 Å². The van der Waals surface area contributed by atoms with Gasteiger partial charge in [0, 0.05) is 27.4 Å². The van der Waals surface area contributed by atoms with Gasteiger partial charge in [-0.3, -0.25) is 4.79 Å². The van der Waals surface area contributed by atoms with Crippen molar-refractivity contribution in [2.45, 2.75) is 50.7 Å². The maximum absolute atomic E-state index is 13.0. The highest BCUT2D eigenvalue weighted by Gasteiger charge is 2.25. The SMILES string of the molecule is CCn1c(SCc2ccc(Cl)cc2Cl)nnc1[C@H](CC(C)C)NC(=O)c1ccc(Cl)cc1Cl. The zero-order valence-corrected chi connectivity index (χ0v) is 22.3. The summed E-state index contributed by atoms with van der Waals surface area (Å²) in [6.45, 7) is 6.88. The van der Waals surface area contributed by atoms with E-state index in [1.807, 2.05) is 23.6 Å². The van der Waals surface area contributed by atoms with E-state index in [0.717, 1.165) is 10.7 Å². The number of nitrogens with zero attached hydrogens (tertiary/aromatic N) is 3. The smallest absolute Gasteiger partial charge is 0.253 e. The number of halogens is 4. The number of aromatic nitrogens is 3. The molecule has 1 atom stereocenters. The summed E-state index contributed by atoms with van der Waals surface area (Å²) in [7, 11) is 0. The van der Waals surface area contributed by atoms with Crippen molar-refractivity contribution >= 4 is 64.1 Å². The monoisotopic (exact) mass is 544 g/mol. The number of hydrogen-bond donors (Lipinski definition) is 1. The maximum atomic E-state index is 13.0. The van der Waals surface area contributed by atoms with Crippen molar-refractivity contribution < 1.29 is 4.79 Å². The molecule has 0 unspecified atom stereocenters. The van der Waals surface area contributed by atoms with E-state index in [2.05, 4.69) is 29.4 Å². The van der Waals surface area contributed by atoms with Gasteiger partial charge in [0.2, 0.25) is 0 Å². The lowest BCUT2D eigenvalue weighted by molar-refractivity contribution is 0.0929. The molecule has 0 aliphatic heterocycles. The second-order valence-electron chi connectivity index (χ2n) is 7.89. The number of nitrogens with one attached hydrogen (secondary N) is 1. The molecule has 5 nitrogen and oxygen atoms in total. The fourth-order valence-corrected chi connectivity index (χ4v) is 5.41. The number of hydrogen-bond acceptors (Lipinski definition) is 4. The van der Waals surface area contributed by atoms with E-state index in [1.54, 1.807) is 24.3 Å². The van der Waals surface area contributed by atoms with Crippen LogP contribution < -0.4 is 5.32 Å². The Bertz CT molecular complexity index is 1140. The predicted octanol–water partition coefficient (Wildman–Crippen LogP) is 7.72. The largest absolute Gasteiger partial charge is 0.342 e. The fraction of sp³-hybridized carbons (Fsp3) is 0.348. The standard InChI is InChI=1S/C23H24Cl4N4OS/c1-4-31-21(29-30-23(31)33-12-14-5-6-15(24)10-18(14)26)20(9-13(2)3)28-22(32)17-8-7-16(25)11-19(17)27/h5-8,10-11,13,20H,4,9,12H2,1-3H3,(H,28,32)/t20-/m0/s1. The van der Waals surface area contributed by atoms with Crippen molar-refractivity contribution in [3.8, 4) is 0 Å². The molecule has 0 radical (unpaired) electrons. The van der Waals surface area contributed by atoms with E-state index in [0.29, 0.717) is 56.1 Å². The van der Waals surface area contributed by atoms with Crippen LogP contribution in [0.5, 0.6) is 0 Å². The summed E-state index contributed by atoms with van der Waals surface area (Å²) >= 11 is 26.1. The molecule has 3 rings (SSSR count). The van der Waals surface area contributed by atoms with E-state index in [4.69, 9.17) is 46.4 Å². The van der Waals surface area contributed by atoms with Crippen LogP contribution in [0.2, 0.25) is 20.1 Å². The van der Waals surface area contributed by atoms with E-state index >= 15 is 0 Å². The predicted molar refractivity (Wildman–Crippen MR) is 138 cm³/mol. The maximum Gasteiger partial charge on any atom is 0.253 e. The molecule has 0 saturated heterocycles. The number of benzene rings is 2. The Hall–Kier alpha value is -1.44. The number of carbonyl (C=O) groups is 1. The third-order valence-corrected chi connectivity index (χ3v) is 7.08. The van der Waals surface area contributed by atoms with E-state index < -0.39 is 0 Å². The van der Waals surface area contributed by atoms with Gasteiger partial charge in [0.1, 0.15) is 0 Å². The first kappa shape index (κ1) is 26.2. The van der Waals surface area contributed by atoms with Crippen LogP contribution in [0.4, 0.5) is 0 Å². The van der Waals surface area contributed by atoms with E-state index in [-0.39, 0.29) is 11.9 Å². The normalized spacial score (nSPS) is 12.2. The summed E-state index contributed by atoms with van der Waals surface area (Å²) in [5.41, 5.74) is 1.33. The molecule has 1 aromatic heterocycles. The second-order valence-corrected chi connectivity index (χ2v) is 10.5. The van der Waals surface area contributed by atoms with Crippen molar-refractivity contribution in [2.75, 3.05) is 0 Å². The van der Waals surface area contributed by atoms with Gasteiger partial charge in [-0.25, -0.2) is 0 Å². The second kappa shape index (κ2) is 11.8. The van der Waals surface area contributed by atoms with Crippen molar-refractivity contribution in [2.24, 2.45) is 5.92 Å². The molecule has 1 amide bonds. The summed E-state index contributed by atoms with van der Waals surface area (Å²) in [5.74, 6) is 1.36. The highest BCUT2D eigenvalue weighted by Crippen LogP contribution is 2.30. The molecular formula is C23H24Cl4N4OS. The minimum Gasteiger partial charge on any atom is -0.342 e. The summed E-state index contributed by atoms with van der Waals surface area (Å²) in [6.07, 6.45) is 0.697. The zero-order chi connectivity index (χ0) is 24.1. The van der Waals surface area contributed by atoms with Crippen LogP contribution in [-0.4, -0.2) is 20.7 Å². The minimum atomic E-state index is -0.329. The van der Waals surface area contributed by atoms with Gasteiger partial charge in [-0.1, -0.05) is 78.1 Å². The molecule has 0 bridgehead atoms. The lowest BCUT2D eigenvalue weighted by Gasteiger charge is -2.21. The van der Waals surface area contributed by atoms with Crippen LogP contribution in [0.3, 0.4) is 0 Å². The molecule has 0 aliphatic carbocycles. The van der Waals surface area contributed by atoms with Gasteiger partial charge in [0.25, 0.3) is 5.91 Å². The zero-order valence-electron chi connectivity index (χ0n) is 18.4. The Balaban J connectivity index is 1.83. The first-order valence-corrected chi connectivity index (χ1v) is 12.9. The first-order chi connectivity index (χ1) is 15.7. The first-order valence-electron chi connectivity index (χ1n) is 10.4. The molecule has 2 aromatic carbocycles. The number of rotatable bonds is 9. The molecule has 176 valence electrons. The molecule has 0 fully saturated rings. The van der Waals surface area contributed by atoms with Crippen LogP contribution in [0.1, 0.15) is 55.0 Å². The average Bonchev–Trinajstić information content (AvgIpc) is 3.15. The molecular weight excluding hydrogens is 522 g/mol. The van der Waals surface area contributed by atoms with Crippen LogP contribution in [-0.2, 0) is 12.3 Å². The van der Waals surface area contributed by atoms with Gasteiger partial charge in [0.15, 0.2) is 11.0 Å². The summed E-state index contributed by atoms with van der Waals surface area (Å²) in [4.78, 5) is 13.0. The third kappa shape index (κ3) is 6.80. The Labute approximate surface area is 218 Å². The molecule has 3 aromatic rings. The quantitative estimate of drug-likeness (QED) is 0.279. The molecule has 33 heavy (non-hydrogen) atoms. The molecule has 1 N–H and O–H groups in total. The number of carbonyl (C=O) groups excluding carboxylic acids is 1. The van der Waals surface area contributed by atoms with Crippen molar-refractivity contribution in [3.63, 3.8) is 0 Å². The Morgan fingerprint density at radius 2 is 1.70 bits per heavy atom.